The van der Waals surface area contributed by atoms with Gasteiger partial charge in [0.15, 0.2) is 0 Å². The van der Waals surface area contributed by atoms with Crippen molar-refractivity contribution in [2.45, 2.75) is 13.2 Å². The quantitative estimate of drug-likeness (QED) is 0.385. The molecule has 0 N–H and O–H groups in total. The zero-order valence-corrected chi connectivity index (χ0v) is 16.9. The van der Waals surface area contributed by atoms with Gasteiger partial charge >= 0.3 is 0 Å². The maximum absolute atomic E-state index is 14.1. The smallest absolute Gasteiger partial charge is 0.254 e. The summed E-state index contributed by atoms with van der Waals surface area (Å²) < 4.78 is 21.9. The van der Waals surface area contributed by atoms with E-state index in [9.17, 15) is 9.18 Å². The number of aromatic nitrogens is 2. The van der Waals surface area contributed by atoms with Gasteiger partial charge in [-0.05, 0) is 36.4 Å². The summed E-state index contributed by atoms with van der Waals surface area (Å²) in [5.41, 5.74) is 2.55. The molecule has 0 fully saturated rings. The maximum atomic E-state index is 14.1. The van der Waals surface area contributed by atoms with Gasteiger partial charge in [0, 0.05) is 36.6 Å². The number of hydrogen-bond donors (Lipinski definition) is 0. The number of rotatable bonds is 8. The minimum atomic E-state index is -0.339. The molecule has 5 nitrogen and oxygen atoms in total. The second-order valence-electron chi connectivity index (χ2n) is 7.08. The number of pyridine rings is 1. The van der Waals surface area contributed by atoms with Crippen LogP contribution in [-0.4, -0.2) is 26.7 Å². The Hall–Kier alpha value is -3.93. The number of nitrogens with zero attached hydrogens (tertiary/aromatic N) is 3. The Bertz CT molecular complexity index is 1190. The highest BCUT2D eigenvalue weighted by Gasteiger charge is 2.17. The Kier molecular flexibility index (Phi) is 6.08. The molecular weight excluding hydrogens is 393 g/mol. The van der Waals surface area contributed by atoms with Crippen molar-refractivity contribution in [1.82, 2.24) is 14.3 Å². The van der Waals surface area contributed by atoms with Crippen LogP contribution >= 0.6 is 0 Å². The maximum Gasteiger partial charge on any atom is 0.254 e. The number of ether oxygens (including phenoxy) is 1. The van der Waals surface area contributed by atoms with Crippen molar-refractivity contribution < 1.29 is 13.9 Å². The first-order chi connectivity index (χ1) is 15.1. The number of carbonyl (C=O) groups is 1. The third-order valence-electron chi connectivity index (χ3n) is 4.84. The molecule has 2 aromatic heterocycles. The van der Waals surface area contributed by atoms with Gasteiger partial charge in [-0.3, -0.25) is 4.79 Å². The van der Waals surface area contributed by atoms with Crippen molar-refractivity contribution in [1.29, 1.82) is 0 Å². The van der Waals surface area contributed by atoms with Gasteiger partial charge in [0.05, 0.1) is 5.69 Å². The predicted molar refractivity (Wildman–Crippen MR) is 117 cm³/mol. The summed E-state index contributed by atoms with van der Waals surface area (Å²) in [6.45, 7) is 4.46. The standard InChI is InChI=1S/C25H22FN3O2/c1-2-13-29(16-20-8-3-4-11-23(20)26)25(30)19-9-7-10-22(15-19)31-18-21-17-28-14-6-5-12-24(28)27-21/h2-12,14-15,17H,1,13,16,18H2. The van der Waals surface area contributed by atoms with E-state index in [2.05, 4.69) is 11.6 Å². The second-order valence-corrected chi connectivity index (χ2v) is 7.08. The van der Waals surface area contributed by atoms with Crippen LogP contribution in [0, 0.1) is 5.82 Å². The van der Waals surface area contributed by atoms with E-state index in [0.717, 1.165) is 11.3 Å². The molecule has 0 spiro atoms. The van der Waals surface area contributed by atoms with Crippen LogP contribution in [0.3, 0.4) is 0 Å². The van der Waals surface area contributed by atoms with Gasteiger partial charge in [0.1, 0.15) is 23.8 Å². The molecule has 0 unspecified atom stereocenters. The lowest BCUT2D eigenvalue weighted by atomic mass is 10.1. The summed E-state index contributed by atoms with van der Waals surface area (Å²) in [5.74, 6) is 0.00239. The van der Waals surface area contributed by atoms with Crippen LogP contribution in [0.2, 0.25) is 0 Å². The van der Waals surface area contributed by atoms with Gasteiger partial charge in [-0.25, -0.2) is 9.37 Å². The highest BCUT2D eigenvalue weighted by atomic mass is 19.1. The molecule has 0 saturated heterocycles. The van der Waals surface area contributed by atoms with Crippen LogP contribution < -0.4 is 4.74 Å². The molecule has 31 heavy (non-hydrogen) atoms. The van der Waals surface area contributed by atoms with Crippen molar-refractivity contribution >= 4 is 11.6 Å². The van der Waals surface area contributed by atoms with Crippen LogP contribution in [0.5, 0.6) is 5.75 Å². The first-order valence-electron chi connectivity index (χ1n) is 9.93. The molecule has 4 rings (SSSR count). The molecule has 6 heteroatoms. The summed E-state index contributed by atoms with van der Waals surface area (Å²) in [5, 5.41) is 0. The minimum absolute atomic E-state index is 0.157. The minimum Gasteiger partial charge on any atom is -0.487 e. The van der Waals surface area contributed by atoms with E-state index in [1.807, 2.05) is 35.0 Å². The van der Waals surface area contributed by atoms with E-state index >= 15 is 0 Å². The van der Waals surface area contributed by atoms with Crippen molar-refractivity contribution in [2.24, 2.45) is 0 Å². The fourth-order valence-corrected chi connectivity index (χ4v) is 3.32. The third kappa shape index (κ3) is 4.80. The van der Waals surface area contributed by atoms with Gasteiger partial charge in [0.2, 0.25) is 0 Å². The van der Waals surface area contributed by atoms with Gasteiger partial charge in [-0.2, -0.15) is 0 Å². The zero-order valence-electron chi connectivity index (χ0n) is 16.9. The molecular formula is C25H22FN3O2. The molecule has 1 amide bonds. The summed E-state index contributed by atoms with van der Waals surface area (Å²) in [6.07, 6.45) is 5.46. The number of hydrogen-bond acceptors (Lipinski definition) is 3. The summed E-state index contributed by atoms with van der Waals surface area (Å²) in [6, 6.07) is 19.2. The molecule has 2 aromatic carbocycles. The molecule has 0 atom stereocenters. The van der Waals surface area contributed by atoms with Crippen LogP contribution in [0.1, 0.15) is 21.6 Å². The van der Waals surface area contributed by atoms with E-state index in [0.29, 0.717) is 23.4 Å². The number of carbonyl (C=O) groups excluding carboxylic acids is 1. The fourth-order valence-electron chi connectivity index (χ4n) is 3.32. The van der Waals surface area contributed by atoms with Crippen LogP contribution in [0.4, 0.5) is 4.39 Å². The van der Waals surface area contributed by atoms with Crippen molar-refractivity contribution in [3.05, 3.63) is 114 Å². The summed E-state index contributed by atoms with van der Waals surface area (Å²) >= 11 is 0. The Morgan fingerprint density at radius 3 is 2.77 bits per heavy atom. The molecule has 0 radical (unpaired) electrons. The van der Waals surface area contributed by atoms with Gasteiger partial charge in [0.25, 0.3) is 5.91 Å². The highest BCUT2D eigenvalue weighted by molar-refractivity contribution is 5.94. The van der Waals surface area contributed by atoms with E-state index in [1.54, 1.807) is 53.4 Å². The lowest BCUT2D eigenvalue weighted by Gasteiger charge is -2.22. The van der Waals surface area contributed by atoms with E-state index < -0.39 is 0 Å². The molecule has 0 aliphatic rings. The molecule has 0 saturated carbocycles. The summed E-state index contributed by atoms with van der Waals surface area (Å²) in [4.78, 5) is 19.1. The fraction of sp³-hybridized carbons (Fsp3) is 0.120. The zero-order chi connectivity index (χ0) is 21.6. The monoisotopic (exact) mass is 415 g/mol. The van der Waals surface area contributed by atoms with E-state index in [1.165, 1.54) is 6.07 Å². The first-order valence-corrected chi connectivity index (χ1v) is 9.93. The topological polar surface area (TPSA) is 46.8 Å². The number of benzene rings is 2. The Balaban J connectivity index is 1.48. The number of fused-ring (bicyclic) bond motifs is 1. The lowest BCUT2D eigenvalue weighted by Crippen LogP contribution is -2.31. The Labute approximate surface area is 180 Å². The molecule has 0 aliphatic heterocycles. The molecule has 156 valence electrons. The molecule has 0 aliphatic carbocycles. The predicted octanol–water partition coefficient (Wildman–Crippen LogP) is 4.88. The molecule has 0 bridgehead atoms. The number of amides is 1. The normalized spacial score (nSPS) is 10.7. The van der Waals surface area contributed by atoms with Crippen molar-refractivity contribution in [2.75, 3.05) is 6.54 Å². The van der Waals surface area contributed by atoms with Gasteiger partial charge in [-0.1, -0.05) is 36.4 Å². The van der Waals surface area contributed by atoms with Crippen molar-refractivity contribution in [3.63, 3.8) is 0 Å². The lowest BCUT2D eigenvalue weighted by molar-refractivity contribution is 0.0761. The number of halogens is 1. The van der Waals surface area contributed by atoms with E-state index in [-0.39, 0.29) is 24.9 Å². The molecule has 4 aromatic rings. The van der Waals surface area contributed by atoms with Crippen LogP contribution in [0.25, 0.3) is 5.65 Å². The van der Waals surface area contributed by atoms with Gasteiger partial charge in [-0.15, -0.1) is 6.58 Å². The molecule has 2 heterocycles. The Morgan fingerprint density at radius 1 is 1.13 bits per heavy atom. The van der Waals surface area contributed by atoms with E-state index in [4.69, 9.17) is 4.74 Å². The second kappa shape index (κ2) is 9.26. The van der Waals surface area contributed by atoms with Crippen LogP contribution in [0.15, 0.2) is 91.8 Å². The SMILES string of the molecule is C=CCN(Cc1ccccc1F)C(=O)c1cccc(OCc2cn3ccccc3n2)c1. The number of imidazole rings is 1. The first kappa shape index (κ1) is 20.3. The largest absolute Gasteiger partial charge is 0.487 e. The van der Waals surface area contributed by atoms with Crippen molar-refractivity contribution in [3.8, 4) is 5.75 Å². The Morgan fingerprint density at radius 2 is 1.97 bits per heavy atom. The van der Waals surface area contributed by atoms with Gasteiger partial charge < -0.3 is 14.0 Å². The average Bonchev–Trinajstić information content (AvgIpc) is 3.21. The average molecular weight is 415 g/mol. The summed E-state index contributed by atoms with van der Waals surface area (Å²) in [7, 11) is 0. The van der Waals surface area contributed by atoms with Crippen LogP contribution in [-0.2, 0) is 13.2 Å². The third-order valence-corrected chi connectivity index (χ3v) is 4.84. The highest BCUT2D eigenvalue weighted by Crippen LogP contribution is 2.19.